The molecule has 0 bridgehead atoms. The summed E-state index contributed by atoms with van der Waals surface area (Å²) in [6, 6.07) is 9.30. The Kier molecular flexibility index (Phi) is 4.74. The molecule has 2 aromatic rings. The van der Waals surface area contributed by atoms with Gasteiger partial charge in [-0.25, -0.2) is 4.39 Å². The van der Waals surface area contributed by atoms with Gasteiger partial charge in [0.15, 0.2) is 0 Å². The first-order chi connectivity index (χ1) is 9.22. The molecule has 19 heavy (non-hydrogen) atoms. The molecular formula is C16H21FN2. The molecule has 0 saturated carbocycles. The molecule has 0 aliphatic carbocycles. The number of aromatic nitrogens is 1. The quantitative estimate of drug-likeness (QED) is 0.837. The summed E-state index contributed by atoms with van der Waals surface area (Å²) in [6.45, 7) is 2.90. The van der Waals surface area contributed by atoms with Crippen molar-refractivity contribution in [2.45, 2.75) is 32.4 Å². The van der Waals surface area contributed by atoms with Crippen LogP contribution in [0.25, 0.3) is 0 Å². The van der Waals surface area contributed by atoms with Crippen molar-refractivity contribution in [1.82, 2.24) is 9.88 Å². The summed E-state index contributed by atoms with van der Waals surface area (Å²) in [4.78, 5) is 0. The summed E-state index contributed by atoms with van der Waals surface area (Å²) in [5.74, 6) is -0.177. The summed E-state index contributed by atoms with van der Waals surface area (Å²) >= 11 is 0. The van der Waals surface area contributed by atoms with Gasteiger partial charge < -0.3 is 9.88 Å². The zero-order valence-electron chi connectivity index (χ0n) is 11.6. The largest absolute Gasteiger partial charge is 0.350 e. The van der Waals surface area contributed by atoms with Gasteiger partial charge in [0.2, 0.25) is 0 Å². The predicted octanol–water partition coefficient (Wildman–Crippen LogP) is 3.74. The van der Waals surface area contributed by atoms with Crippen molar-refractivity contribution in [2.24, 2.45) is 0 Å². The van der Waals surface area contributed by atoms with Crippen LogP contribution in [-0.2, 0) is 6.54 Å². The van der Waals surface area contributed by atoms with Gasteiger partial charge in [-0.1, -0.05) is 25.5 Å². The average molecular weight is 260 g/mol. The van der Waals surface area contributed by atoms with E-state index in [0.717, 1.165) is 18.4 Å². The Labute approximate surface area is 114 Å². The van der Waals surface area contributed by atoms with E-state index in [1.54, 1.807) is 12.1 Å². The van der Waals surface area contributed by atoms with Crippen LogP contribution in [0, 0.1) is 5.82 Å². The lowest BCUT2D eigenvalue weighted by Gasteiger charge is -2.13. The fourth-order valence-corrected chi connectivity index (χ4v) is 2.38. The first-order valence-electron chi connectivity index (χ1n) is 6.80. The first kappa shape index (κ1) is 13.8. The van der Waals surface area contributed by atoms with Crippen molar-refractivity contribution in [1.29, 1.82) is 0 Å². The van der Waals surface area contributed by atoms with E-state index in [2.05, 4.69) is 35.3 Å². The molecule has 0 aliphatic heterocycles. The van der Waals surface area contributed by atoms with Crippen LogP contribution in [0.1, 0.15) is 36.9 Å². The highest BCUT2D eigenvalue weighted by molar-refractivity contribution is 5.20. The van der Waals surface area contributed by atoms with Crippen molar-refractivity contribution in [2.75, 3.05) is 7.05 Å². The minimum atomic E-state index is -0.177. The average Bonchev–Trinajstić information content (AvgIpc) is 2.84. The summed E-state index contributed by atoms with van der Waals surface area (Å²) < 4.78 is 15.2. The summed E-state index contributed by atoms with van der Waals surface area (Å²) in [7, 11) is 1.99. The molecule has 0 amide bonds. The van der Waals surface area contributed by atoms with E-state index in [0.29, 0.717) is 12.6 Å². The van der Waals surface area contributed by atoms with Crippen LogP contribution in [0.4, 0.5) is 4.39 Å². The number of hydrogen-bond acceptors (Lipinski definition) is 1. The molecule has 2 rings (SSSR count). The molecule has 102 valence electrons. The minimum Gasteiger partial charge on any atom is -0.350 e. The lowest BCUT2D eigenvalue weighted by molar-refractivity contribution is 0.540. The second-order valence-corrected chi connectivity index (χ2v) is 4.88. The molecule has 1 unspecified atom stereocenters. The number of benzene rings is 1. The SMILES string of the molecule is CCCC(NC)c1ccn(Cc2cccc(F)c2)c1. The molecule has 1 heterocycles. The van der Waals surface area contributed by atoms with Gasteiger partial charge in [0.05, 0.1) is 0 Å². The maximum atomic E-state index is 13.1. The Bertz CT molecular complexity index is 519. The second-order valence-electron chi connectivity index (χ2n) is 4.88. The molecule has 0 saturated heterocycles. The number of nitrogens with zero attached hydrogens (tertiary/aromatic N) is 1. The normalized spacial score (nSPS) is 12.6. The third kappa shape index (κ3) is 3.67. The van der Waals surface area contributed by atoms with Gasteiger partial charge in [-0.3, -0.25) is 0 Å². The minimum absolute atomic E-state index is 0.177. The van der Waals surface area contributed by atoms with E-state index in [-0.39, 0.29) is 5.82 Å². The van der Waals surface area contributed by atoms with Crippen molar-refractivity contribution >= 4 is 0 Å². The maximum Gasteiger partial charge on any atom is 0.123 e. The van der Waals surface area contributed by atoms with Gasteiger partial charge in [0.25, 0.3) is 0 Å². The smallest absolute Gasteiger partial charge is 0.123 e. The van der Waals surface area contributed by atoms with Gasteiger partial charge in [-0.05, 0) is 42.8 Å². The summed E-state index contributed by atoms with van der Waals surface area (Å²) in [6.07, 6.45) is 6.48. The standard InChI is InChI=1S/C16H21FN2/c1-3-5-16(18-2)14-8-9-19(12-14)11-13-6-4-7-15(17)10-13/h4,6-10,12,16,18H,3,5,11H2,1-2H3. The molecule has 0 spiro atoms. The molecule has 1 aromatic heterocycles. The lowest BCUT2D eigenvalue weighted by Crippen LogP contribution is -2.15. The van der Waals surface area contributed by atoms with Crippen LogP contribution in [0.3, 0.4) is 0 Å². The van der Waals surface area contributed by atoms with Crippen molar-refractivity contribution in [3.05, 3.63) is 59.7 Å². The molecule has 1 atom stereocenters. The van der Waals surface area contributed by atoms with E-state index in [4.69, 9.17) is 0 Å². The second kappa shape index (κ2) is 6.53. The third-order valence-electron chi connectivity index (χ3n) is 3.36. The van der Waals surface area contributed by atoms with Crippen LogP contribution in [0.15, 0.2) is 42.7 Å². The van der Waals surface area contributed by atoms with Crippen molar-refractivity contribution in [3.63, 3.8) is 0 Å². The van der Waals surface area contributed by atoms with E-state index in [1.165, 1.54) is 11.6 Å². The summed E-state index contributed by atoms with van der Waals surface area (Å²) in [5.41, 5.74) is 2.28. The first-order valence-corrected chi connectivity index (χ1v) is 6.80. The Morgan fingerprint density at radius 3 is 2.84 bits per heavy atom. The molecule has 0 radical (unpaired) electrons. The van der Waals surface area contributed by atoms with Gasteiger partial charge in [-0.2, -0.15) is 0 Å². The molecule has 2 nitrogen and oxygen atoms in total. The zero-order valence-corrected chi connectivity index (χ0v) is 11.6. The summed E-state index contributed by atoms with van der Waals surface area (Å²) in [5, 5.41) is 3.33. The van der Waals surface area contributed by atoms with Crippen molar-refractivity contribution < 1.29 is 4.39 Å². The van der Waals surface area contributed by atoms with E-state index in [1.807, 2.05) is 13.1 Å². The highest BCUT2D eigenvalue weighted by Gasteiger charge is 2.09. The van der Waals surface area contributed by atoms with Gasteiger partial charge in [0, 0.05) is 25.0 Å². The van der Waals surface area contributed by atoms with Gasteiger partial charge >= 0.3 is 0 Å². The number of rotatable bonds is 6. The van der Waals surface area contributed by atoms with Crippen LogP contribution in [-0.4, -0.2) is 11.6 Å². The Morgan fingerprint density at radius 1 is 1.32 bits per heavy atom. The van der Waals surface area contributed by atoms with Crippen LogP contribution < -0.4 is 5.32 Å². The number of halogens is 1. The maximum absolute atomic E-state index is 13.1. The Balaban J connectivity index is 2.08. The highest BCUT2D eigenvalue weighted by Crippen LogP contribution is 2.19. The Hall–Kier alpha value is -1.61. The van der Waals surface area contributed by atoms with Crippen LogP contribution in [0.2, 0.25) is 0 Å². The van der Waals surface area contributed by atoms with Crippen LogP contribution in [0.5, 0.6) is 0 Å². The predicted molar refractivity (Wildman–Crippen MR) is 76.6 cm³/mol. The fourth-order valence-electron chi connectivity index (χ4n) is 2.38. The molecule has 3 heteroatoms. The molecular weight excluding hydrogens is 239 g/mol. The molecule has 1 N–H and O–H groups in total. The molecule has 0 aliphatic rings. The van der Waals surface area contributed by atoms with E-state index < -0.39 is 0 Å². The third-order valence-corrected chi connectivity index (χ3v) is 3.36. The number of hydrogen-bond donors (Lipinski definition) is 1. The van der Waals surface area contributed by atoms with Crippen molar-refractivity contribution in [3.8, 4) is 0 Å². The zero-order chi connectivity index (χ0) is 13.7. The van der Waals surface area contributed by atoms with Gasteiger partial charge in [0.1, 0.15) is 5.82 Å². The van der Waals surface area contributed by atoms with Crippen LogP contribution >= 0.6 is 0 Å². The Morgan fingerprint density at radius 2 is 2.16 bits per heavy atom. The highest BCUT2D eigenvalue weighted by atomic mass is 19.1. The number of nitrogens with one attached hydrogen (secondary N) is 1. The fraction of sp³-hybridized carbons (Fsp3) is 0.375. The monoisotopic (exact) mass is 260 g/mol. The lowest BCUT2D eigenvalue weighted by atomic mass is 10.1. The van der Waals surface area contributed by atoms with E-state index >= 15 is 0 Å². The topological polar surface area (TPSA) is 17.0 Å². The molecule has 1 aromatic carbocycles. The molecule has 0 fully saturated rings. The van der Waals surface area contributed by atoms with Gasteiger partial charge in [-0.15, -0.1) is 0 Å². The van der Waals surface area contributed by atoms with E-state index in [9.17, 15) is 4.39 Å².